The van der Waals surface area contributed by atoms with E-state index < -0.39 is 33.8 Å². The molecule has 0 saturated carbocycles. The number of carbonyl (C=O) groups excluding carboxylic acids is 8. The molecule has 4 aliphatic rings. The Labute approximate surface area is 817 Å². The second-order valence-electron chi connectivity index (χ2n) is 32.6. The van der Waals surface area contributed by atoms with Crippen LogP contribution in [0.5, 0.6) is 0 Å². The van der Waals surface area contributed by atoms with Gasteiger partial charge in [-0.2, -0.15) is 0 Å². The third kappa shape index (κ3) is 24.2. The second kappa shape index (κ2) is 44.0. The van der Waals surface area contributed by atoms with E-state index in [1.807, 2.05) is 70.2 Å². The molecule has 4 fully saturated rings. The number of Topliss-reactive ketones (excluding diaryl/α,β-unsaturated/α-hetero) is 1. The van der Waals surface area contributed by atoms with Crippen LogP contribution in [-0.2, 0) is 45.4 Å². The Kier molecular flexibility index (Phi) is 34.0. The van der Waals surface area contributed by atoms with Crippen molar-refractivity contribution in [2.75, 3.05) is 47.4 Å². The quantitative estimate of drug-likeness (QED) is 0.0443. The number of halogens is 14. The smallest absolute Gasteiger partial charge is 0.244 e. The van der Waals surface area contributed by atoms with Crippen LogP contribution in [-0.4, -0.2) is 115 Å². The van der Waals surface area contributed by atoms with Gasteiger partial charge in [0.05, 0.1) is 95.7 Å². The van der Waals surface area contributed by atoms with Crippen molar-refractivity contribution in [3.8, 4) is 0 Å². The number of hydrogen-bond acceptors (Lipinski definition) is 12. The lowest BCUT2D eigenvalue weighted by Crippen LogP contribution is -2.50. The van der Waals surface area contributed by atoms with Crippen molar-refractivity contribution >= 4 is 225 Å². The molecule has 0 aliphatic carbocycles. The molecular formula is C99H88BrCl12FN8O8. The number of benzene rings is 11. The van der Waals surface area contributed by atoms with Crippen molar-refractivity contribution in [1.29, 1.82) is 0 Å². The molecule has 4 atom stereocenters. The van der Waals surface area contributed by atoms with Crippen molar-refractivity contribution in [3.63, 3.8) is 0 Å². The molecule has 11 aromatic carbocycles. The molecule has 4 amide bonds. The van der Waals surface area contributed by atoms with Gasteiger partial charge in [-0.05, 0) is 298 Å². The Bertz CT molecular complexity index is 5920. The minimum absolute atomic E-state index is 0.0515. The molecule has 0 radical (unpaired) electrons. The molecule has 0 aromatic heterocycles. The number of nitrogens with one attached hydrogen (secondary N) is 4. The van der Waals surface area contributed by atoms with Crippen LogP contribution < -0.4 is 21.3 Å². The highest BCUT2D eigenvalue weighted by atomic mass is 79.9. The highest BCUT2D eigenvalue weighted by Gasteiger charge is 2.47. The minimum atomic E-state index is -0.794. The molecule has 30 heteroatoms. The van der Waals surface area contributed by atoms with Crippen molar-refractivity contribution in [2.45, 2.75) is 134 Å². The van der Waals surface area contributed by atoms with Crippen LogP contribution in [0.25, 0.3) is 0 Å². The fourth-order valence-corrected chi connectivity index (χ4v) is 18.6. The Balaban J connectivity index is 0.000000156. The zero-order valence-corrected chi connectivity index (χ0v) is 81.2. The Morgan fingerprint density at radius 1 is 0.310 bits per heavy atom. The van der Waals surface area contributed by atoms with Crippen LogP contribution in [0.2, 0.25) is 60.3 Å². The number of rotatable bonds is 23. The van der Waals surface area contributed by atoms with Crippen molar-refractivity contribution in [3.05, 3.63) is 356 Å². The molecular weight excluding hydrogens is 1950 g/mol. The molecule has 0 unspecified atom stereocenters. The number of carbonyl (C=O) groups is 8. The highest BCUT2D eigenvalue weighted by Crippen LogP contribution is 2.41. The number of nitrogens with zero attached hydrogens (tertiary/aromatic N) is 4. The third-order valence-electron chi connectivity index (χ3n) is 23.9. The summed E-state index contributed by atoms with van der Waals surface area (Å²) in [5.74, 6) is -2.46. The largest absolute Gasteiger partial charge is 0.324 e. The molecule has 0 spiro atoms. The summed E-state index contributed by atoms with van der Waals surface area (Å²) in [4.78, 5) is 114. The fourth-order valence-electron chi connectivity index (χ4n) is 16.3. The van der Waals surface area contributed by atoms with E-state index in [0.717, 1.165) is 80.5 Å². The molecule has 4 heterocycles. The van der Waals surface area contributed by atoms with Crippen LogP contribution in [0.15, 0.2) is 229 Å². The van der Waals surface area contributed by atoms with Gasteiger partial charge in [-0.25, -0.2) is 4.39 Å². The van der Waals surface area contributed by atoms with Gasteiger partial charge in [-0.1, -0.05) is 216 Å². The maximum atomic E-state index is 14.3. The number of ketones is 4. The first-order valence-corrected chi connectivity index (χ1v) is 46.6. The van der Waals surface area contributed by atoms with Crippen molar-refractivity contribution < 1.29 is 42.7 Å². The average Bonchev–Trinajstić information content (AvgIpc) is 1.69. The highest BCUT2D eigenvalue weighted by molar-refractivity contribution is 9.10. The minimum Gasteiger partial charge on any atom is -0.324 e. The van der Waals surface area contributed by atoms with E-state index in [1.54, 1.807) is 164 Å². The van der Waals surface area contributed by atoms with E-state index in [-0.39, 0.29) is 57.7 Å². The number of amides is 4. The molecule has 4 saturated heterocycles. The summed E-state index contributed by atoms with van der Waals surface area (Å²) in [5, 5.41) is 17.5. The van der Waals surface area contributed by atoms with Crippen molar-refractivity contribution in [1.82, 2.24) is 19.6 Å². The Hall–Kier alpha value is -8.29. The number of hydrogen-bond donors (Lipinski definition) is 4. The van der Waals surface area contributed by atoms with E-state index in [2.05, 4.69) is 56.8 Å². The predicted molar refractivity (Wildman–Crippen MR) is 526 cm³/mol. The lowest BCUT2D eigenvalue weighted by atomic mass is 9.95. The zero-order chi connectivity index (χ0) is 93.0. The van der Waals surface area contributed by atoms with E-state index in [0.29, 0.717) is 155 Å². The van der Waals surface area contributed by atoms with E-state index in [1.165, 1.54) is 25.1 Å². The molecule has 4 aliphatic heterocycles. The number of anilines is 4. The van der Waals surface area contributed by atoms with Crippen LogP contribution in [0, 0.1) is 5.82 Å². The summed E-state index contributed by atoms with van der Waals surface area (Å²) in [6.45, 7) is 14.5. The molecule has 11 aromatic rings. The molecule has 670 valence electrons. The normalized spacial score (nSPS) is 18.5. The summed E-state index contributed by atoms with van der Waals surface area (Å²) in [6.07, 6.45) is 6.32. The van der Waals surface area contributed by atoms with Gasteiger partial charge >= 0.3 is 0 Å². The van der Waals surface area contributed by atoms with Gasteiger partial charge in [0.25, 0.3) is 0 Å². The van der Waals surface area contributed by atoms with E-state index >= 15 is 0 Å². The van der Waals surface area contributed by atoms with E-state index in [4.69, 9.17) is 139 Å². The first kappa shape index (κ1) is 99.7. The Morgan fingerprint density at radius 3 is 0.992 bits per heavy atom. The van der Waals surface area contributed by atoms with Gasteiger partial charge in [0.1, 0.15) is 5.82 Å². The van der Waals surface area contributed by atoms with Gasteiger partial charge in [0.2, 0.25) is 23.6 Å². The molecule has 0 bridgehead atoms. The molecule has 15 rings (SSSR count). The third-order valence-corrected chi connectivity index (χ3v) is 28.4. The van der Waals surface area contributed by atoms with Gasteiger partial charge in [-0.15, -0.1) is 0 Å². The summed E-state index contributed by atoms with van der Waals surface area (Å²) in [7, 11) is 0. The average molecular weight is 2040 g/mol. The monoisotopic (exact) mass is 2030 g/mol. The predicted octanol–water partition coefficient (Wildman–Crippen LogP) is 27.4. The Morgan fingerprint density at radius 2 is 0.620 bits per heavy atom. The molecule has 4 N–H and O–H groups in total. The lowest BCUT2D eigenvalue weighted by Gasteiger charge is -2.34. The van der Waals surface area contributed by atoms with Gasteiger partial charge < -0.3 is 21.3 Å². The second-order valence-corrected chi connectivity index (χ2v) is 38.5. The molecule has 16 nitrogen and oxygen atoms in total. The summed E-state index contributed by atoms with van der Waals surface area (Å²) in [6, 6.07) is 63.0. The van der Waals surface area contributed by atoms with Crippen LogP contribution in [0.3, 0.4) is 0 Å². The maximum absolute atomic E-state index is 14.3. The van der Waals surface area contributed by atoms with Crippen LogP contribution in [0.4, 0.5) is 27.1 Å². The van der Waals surface area contributed by atoms with Gasteiger partial charge in [0, 0.05) is 79.1 Å². The lowest BCUT2D eigenvalue weighted by molar-refractivity contribution is -0.126. The van der Waals surface area contributed by atoms with E-state index in [9.17, 15) is 42.7 Å². The first-order valence-electron chi connectivity index (χ1n) is 41.3. The molecule has 129 heavy (non-hydrogen) atoms. The topological polar surface area (TPSA) is 198 Å². The summed E-state index contributed by atoms with van der Waals surface area (Å²) in [5.41, 5.74) is 4.76. The van der Waals surface area contributed by atoms with Crippen molar-refractivity contribution in [2.24, 2.45) is 0 Å². The SMILES string of the molecule is CC(=O)c1cc(Cl)ccc1NC(=O)[C@@]1(C)CCCN1Cc1ccc(Cl)c(Cl)c1.C[C@]1(C(=O)Nc2ccc(Br)cc2C(=O)c2ccccc2F)CCCN1Cc1ccc(Cl)c(Cl)c1.C[C@]1(C(=O)Nc2ccc(Cl)cc2C(=O)c2ccccc2Cl)CCCN1Cc1ccc(Cl)c(Cl)c1.C[C@]1(C(=O)Nc2ccccc2C(=O)c2ccc(Cl)cc2)CCCN1Cc1ccc(Cl)c(Cl)c1. The van der Waals surface area contributed by atoms with Crippen LogP contribution >= 0.6 is 155 Å². The van der Waals surface area contributed by atoms with Gasteiger partial charge in [-0.3, -0.25) is 58.0 Å². The number of para-hydroxylation sites is 1. The van der Waals surface area contributed by atoms with Crippen LogP contribution in [0.1, 0.15) is 166 Å². The first-order chi connectivity index (χ1) is 61.3. The maximum Gasteiger partial charge on any atom is 0.244 e. The summed E-state index contributed by atoms with van der Waals surface area (Å²) >= 11 is 76.5. The standard InChI is InChI=1S/C26H22BrCl2FN2O2.C26H22Cl4N2O2.C26H23Cl3N2O2.C21H21Cl3N2O2/c1-26(11-4-12-32(26)15-16-7-9-20(28)21(29)13-16)25(34)31-23-10-8-17(27)14-19(23)24(33)18-5-2-3-6-22(18)30;1-26(11-4-12-32(26)15-16-7-9-21(29)22(30)13-16)25(34)31-23-10-8-17(27)14-19(23)24(33)18-5-2-3-6-20(18)28;1-26(13-4-14-31(26)16-17-7-12-21(28)22(29)15-17)25(33)30-23-6-3-2-5-20(23)24(32)18-8-10-19(27)11-9-18;1-13(27)16-11-15(22)5-7-19(16)25-20(28)21(2)8-3-9-26(21)12-14-4-6-17(23)18(24)10-14/h2*2-3,5-10,13-14H,4,11-12,15H2,1H3,(H,31,34);2-3,5-12,15H,4,13-14,16H2,1H3,(H,30,33);4-7,10-11H,3,8-9,12H2,1-2H3,(H,25,28)/t3*26-;21-/m1111/s1. The number of likely N-dealkylation sites (tertiary alicyclic amines) is 4. The zero-order valence-electron chi connectivity index (χ0n) is 70.5. The summed E-state index contributed by atoms with van der Waals surface area (Å²) < 4.78 is 14.9. The fraction of sp³-hybridized carbons (Fsp3) is 0.253. The van der Waals surface area contributed by atoms with Gasteiger partial charge in [0.15, 0.2) is 23.1 Å².